The Hall–Kier alpha value is -4.56. The summed E-state index contributed by atoms with van der Waals surface area (Å²) in [6.45, 7) is -0.332. The molecule has 2 aliphatic carbocycles. The first-order valence-electron chi connectivity index (χ1n) is 15.3. The summed E-state index contributed by atoms with van der Waals surface area (Å²) in [6, 6.07) is 17.8. The largest absolute Gasteiger partial charge is 0.508 e. The number of ether oxygens (including phenoxy) is 1. The first-order valence-corrected chi connectivity index (χ1v) is 16.9. The Balaban J connectivity index is 1.13. The van der Waals surface area contributed by atoms with Gasteiger partial charge in [0.2, 0.25) is 11.8 Å². The van der Waals surface area contributed by atoms with Crippen molar-refractivity contribution < 1.29 is 37.4 Å². The van der Waals surface area contributed by atoms with E-state index < -0.39 is 52.9 Å². The normalized spacial score (nSPS) is 27.1. The molecule has 14 heteroatoms. The van der Waals surface area contributed by atoms with E-state index in [0.717, 1.165) is 27.2 Å². The molecule has 4 aromatic rings. The van der Waals surface area contributed by atoms with E-state index in [9.17, 15) is 37.5 Å². The zero-order valence-corrected chi connectivity index (χ0v) is 26.4. The van der Waals surface area contributed by atoms with Crippen LogP contribution in [-0.2, 0) is 20.6 Å². The van der Waals surface area contributed by atoms with Crippen molar-refractivity contribution in [2.24, 2.45) is 29.6 Å². The first-order chi connectivity index (χ1) is 23.0. The number of hydrogen-bond acceptors (Lipinski definition) is 8. The highest BCUT2D eigenvalue weighted by Gasteiger charge is 2.70. The van der Waals surface area contributed by atoms with Gasteiger partial charge in [0, 0.05) is 27.3 Å². The zero-order valence-electron chi connectivity index (χ0n) is 24.8. The summed E-state index contributed by atoms with van der Waals surface area (Å²) < 4.78 is 48.0. The number of rotatable bonds is 6. The number of nitrogens with one attached hydrogen (secondary N) is 2. The van der Waals surface area contributed by atoms with Gasteiger partial charge in [-0.25, -0.2) is 4.90 Å². The number of fused-ring (bicyclic) bond motifs is 9. The predicted octanol–water partition coefficient (Wildman–Crippen LogP) is 5.86. The molecule has 2 saturated carbocycles. The van der Waals surface area contributed by atoms with Gasteiger partial charge in [-0.05, 0) is 66.6 Å². The maximum absolute atomic E-state index is 14.0. The van der Waals surface area contributed by atoms with Crippen molar-refractivity contribution in [3.05, 3.63) is 98.5 Å². The number of alkyl halides is 3. The van der Waals surface area contributed by atoms with Gasteiger partial charge in [-0.3, -0.25) is 19.2 Å². The molecule has 9 nitrogen and oxygen atoms in total. The number of thioether (sulfide) groups is 1. The Labute approximate surface area is 279 Å². The number of imide groups is 1. The number of para-hydroxylation sites is 2. The molecular formula is C34H26F3N3O6S2. The van der Waals surface area contributed by atoms with Crippen LogP contribution in [0, 0.1) is 29.6 Å². The lowest BCUT2D eigenvalue weighted by Crippen LogP contribution is -2.42. The van der Waals surface area contributed by atoms with E-state index in [0.29, 0.717) is 28.4 Å². The van der Waals surface area contributed by atoms with Crippen LogP contribution in [0.25, 0.3) is 0 Å². The number of phenols is 1. The Morgan fingerprint density at radius 2 is 1.65 bits per heavy atom. The minimum Gasteiger partial charge on any atom is -0.508 e. The van der Waals surface area contributed by atoms with E-state index in [1.165, 1.54) is 42.1 Å². The lowest BCUT2D eigenvalue weighted by Gasteiger charge is -2.43. The SMILES string of the molecule is O=C(COc1ccccc1[C@H]1c2sc(=O)[nH]c2SC2C1[C@H]1C[C@@H]2C2C(=O)N(c3ccccc3C(F)(F)F)C(=O)C21)Nc1ccc(O)cc1. The summed E-state index contributed by atoms with van der Waals surface area (Å²) in [5.74, 6) is -4.05. The number of H-pyrrole nitrogens is 1. The number of nitrogens with zero attached hydrogens (tertiary/aromatic N) is 1. The van der Waals surface area contributed by atoms with Gasteiger partial charge in [-0.2, -0.15) is 13.2 Å². The average molecular weight is 694 g/mol. The van der Waals surface area contributed by atoms with E-state index in [-0.39, 0.29) is 40.2 Å². The van der Waals surface area contributed by atoms with Crippen LogP contribution >= 0.6 is 23.1 Å². The molecule has 48 heavy (non-hydrogen) atoms. The van der Waals surface area contributed by atoms with Crippen molar-refractivity contribution in [2.45, 2.75) is 28.8 Å². The molecule has 3 fully saturated rings. The fraction of sp³-hybridized carbons (Fsp3) is 0.294. The number of phenolic OH excluding ortho intramolecular Hbond substituents is 1. The van der Waals surface area contributed by atoms with Gasteiger partial charge in [-0.15, -0.1) is 11.8 Å². The molecule has 1 aromatic heterocycles. The molecule has 1 saturated heterocycles. The highest BCUT2D eigenvalue weighted by Crippen LogP contribution is 2.69. The Kier molecular flexibility index (Phi) is 7.22. The molecule has 4 unspecified atom stereocenters. The Bertz CT molecular complexity index is 2030. The number of amides is 3. The molecule has 3 N–H and O–H groups in total. The van der Waals surface area contributed by atoms with Crippen LogP contribution in [-0.4, -0.2) is 39.7 Å². The minimum absolute atomic E-state index is 0.0583. The van der Waals surface area contributed by atoms with Crippen LogP contribution in [0.4, 0.5) is 24.5 Å². The maximum atomic E-state index is 14.0. The van der Waals surface area contributed by atoms with Crippen LogP contribution in [0.15, 0.2) is 82.6 Å². The summed E-state index contributed by atoms with van der Waals surface area (Å²) in [5, 5.41) is 12.7. The molecular weight excluding hydrogens is 668 g/mol. The summed E-state index contributed by atoms with van der Waals surface area (Å²) in [6.07, 6.45) is -4.20. The van der Waals surface area contributed by atoms with Crippen LogP contribution in [0.3, 0.4) is 0 Å². The Morgan fingerprint density at radius 3 is 2.40 bits per heavy atom. The van der Waals surface area contributed by atoms with Gasteiger partial charge in [-0.1, -0.05) is 41.7 Å². The van der Waals surface area contributed by atoms with Crippen molar-refractivity contribution in [2.75, 3.05) is 16.8 Å². The topological polar surface area (TPSA) is 129 Å². The third-order valence-corrected chi connectivity index (χ3v) is 12.5. The van der Waals surface area contributed by atoms with Gasteiger partial charge in [0.1, 0.15) is 11.5 Å². The molecule has 3 heterocycles. The van der Waals surface area contributed by atoms with E-state index >= 15 is 0 Å². The van der Waals surface area contributed by atoms with E-state index in [1.807, 2.05) is 12.1 Å². The number of thiazole rings is 1. The third kappa shape index (κ3) is 4.83. The monoisotopic (exact) mass is 693 g/mol. The number of carbonyl (C=O) groups is 3. The number of carbonyl (C=O) groups excluding carboxylic acids is 3. The quantitative estimate of drug-likeness (QED) is 0.171. The van der Waals surface area contributed by atoms with Gasteiger partial charge >= 0.3 is 11.0 Å². The van der Waals surface area contributed by atoms with Gasteiger partial charge < -0.3 is 20.1 Å². The molecule has 2 bridgehead atoms. The fourth-order valence-electron chi connectivity index (χ4n) is 8.26. The van der Waals surface area contributed by atoms with Crippen molar-refractivity contribution >= 4 is 52.2 Å². The molecule has 0 spiro atoms. The average Bonchev–Trinajstić information content (AvgIpc) is 3.79. The van der Waals surface area contributed by atoms with Crippen LogP contribution in [0.2, 0.25) is 0 Å². The number of benzene rings is 3. The summed E-state index contributed by atoms with van der Waals surface area (Å²) in [5.41, 5.74) is -0.303. The van der Waals surface area contributed by atoms with Gasteiger partial charge in [0.15, 0.2) is 6.61 Å². The highest BCUT2D eigenvalue weighted by molar-refractivity contribution is 8.00. The van der Waals surface area contributed by atoms with Crippen LogP contribution in [0.1, 0.15) is 28.3 Å². The van der Waals surface area contributed by atoms with Gasteiger partial charge in [0.05, 0.1) is 28.1 Å². The van der Waals surface area contributed by atoms with Gasteiger partial charge in [0.25, 0.3) is 5.91 Å². The second-order valence-corrected chi connectivity index (χ2v) is 14.6. The molecule has 3 aromatic carbocycles. The van der Waals surface area contributed by atoms with E-state index in [2.05, 4.69) is 10.3 Å². The number of aromatic hydroxyl groups is 1. The molecule has 2 aliphatic heterocycles. The van der Waals surface area contributed by atoms with Crippen molar-refractivity contribution in [3.63, 3.8) is 0 Å². The first kappa shape index (κ1) is 30.8. The number of hydrogen-bond donors (Lipinski definition) is 3. The van der Waals surface area contributed by atoms with Crippen molar-refractivity contribution in [1.82, 2.24) is 4.98 Å². The second kappa shape index (κ2) is 11.3. The molecule has 0 radical (unpaired) electrons. The standard InChI is InChI=1S/C34H26F3N3O6S2/c35-34(36,37)20-6-2-3-7-21(20)40-31(43)26-18-13-19(27(26)32(40)44)28-25(18)24(29-30(47-28)39-33(45)48-29)17-5-1-4-8-22(17)46-14-23(42)38-15-9-11-16(41)12-10-15/h1-12,18-19,24-28,41H,13-14H2,(H,38,42)(H,39,45)/t18-,19-,24-,25?,26?,27?,28?/m1/s1. The molecule has 4 aliphatic rings. The summed E-state index contributed by atoms with van der Waals surface area (Å²) >= 11 is 2.52. The molecule has 7 atom stereocenters. The lowest BCUT2D eigenvalue weighted by molar-refractivity contribution is -0.137. The molecule has 3 amide bonds. The number of halogens is 3. The highest BCUT2D eigenvalue weighted by atomic mass is 32.2. The lowest BCUT2D eigenvalue weighted by atomic mass is 9.68. The maximum Gasteiger partial charge on any atom is 0.418 e. The Morgan fingerprint density at radius 1 is 0.958 bits per heavy atom. The summed E-state index contributed by atoms with van der Waals surface area (Å²) in [7, 11) is 0. The molecule has 8 rings (SSSR count). The summed E-state index contributed by atoms with van der Waals surface area (Å²) in [4.78, 5) is 57.6. The number of anilines is 2. The van der Waals surface area contributed by atoms with E-state index in [4.69, 9.17) is 4.74 Å². The molecule has 246 valence electrons. The fourth-order valence-corrected chi connectivity index (χ4v) is 11.1. The van der Waals surface area contributed by atoms with Crippen molar-refractivity contribution in [1.29, 1.82) is 0 Å². The van der Waals surface area contributed by atoms with E-state index in [1.54, 1.807) is 24.3 Å². The second-order valence-electron chi connectivity index (χ2n) is 12.4. The zero-order chi connectivity index (χ0) is 33.5. The smallest absolute Gasteiger partial charge is 0.418 e. The predicted molar refractivity (Wildman–Crippen MR) is 171 cm³/mol. The minimum atomic E-state index is -4.76. The van der Waals surface area contributed by atoms with Crippen LogP contribution in [0.5, 0.6) is 11.5 Å². The third-order valence-electron chi connectivity index (χ3n) is 9.94. The van der Waals surface area contributed by atoms with Crippen molar-refractivity contribution in [3.8, 4) is 11.5 Å². The number of aromatic nitrogens is 1. The number of aromatic amines is 1. The van der Waals surface area contributed by atoms with Crippen LogP contribution < -0.4 is 19.8 Å².